The quantitative estimate of drug-likeness (QED) is 0.655. The highest BCUT2D eigenvalue weighted by Gasteiger charge is 2.36. The molecule has 0 atom stereocenters. The predicted molar refractivity (Wildman–Crippen MR) is 76.5 cm³/mol. The first-order valence-electron chi connectivity index (χ1n) is 6.70. The van der Waals surface area contributed by atoms with Gasteiger partial charge in [0.1, 0.15) is 5.69 Å². The summed E-state index contributed by atoms with van der Waals surface area (Å²) in [5.41, 5.74) is 0.888. The minimum absolute atomic E-state index is 0.129. The molecule has 1 aromatic rings. The van der Waals surface area contributed by atoms with Crippen molar-refractivity contribution in [2.75, 3.05) is 26.0 Å². The van der Waals surface area contributed by atoms with Gasteiger partial charge in [0.05, 0.1) is 4.92 Å². The average molecular weight is 263 g/mol. The van der Waals surface area contributed by atoms with Crippen LogP contribution in [0.3, 0.4) is 0 Å². The Morgan fingerprint density at radius 2 is 1.95 bits per heavy atom. The van der Waals surface area contributed by atoms with Crippen molar-refractivity contribution in [3.8, 4) is 0 Å². The number of likely N-dealkylation sites (N-methyl/N-ethyl adjacent to an activating group) is 1. The van der Waals surface area contributed by atoms with Crippen molar-refractivity contribution in [3.05, 3.63) is 34.4 Å². The summed E-state index contributed by atoms with van der Waals surface area (Å²) in [5, 5.41) is 14.3. The molecule has 1 saturated carbocycles. The first-order valence-corrected chi connectivity index (χ1v) is 6.70. The molecule has 1 aliphatic rings. The van der Waals surface area contributed by atoms with Crippen molar-refractivity contribution in [1.29, 1.82) is 0 Å². The van der Waals surface area contributed by atoms with Gasteiger partial charge in [-0.25, -0.2) is 0 Å². The van der Waals surface area contributed by atoms with Gasteiger partial charge in [0.2, 0.25) is 0 Å². The normalized spacial score (nSPS) is 17.6. The largest absolute Gasteiger partial charge is 0.378 e. The molecular weight excluding hydrogens is 242 g/mol. The van der Waals surface area contributed by atoms with Crippen molar-refractivity contribution in [2.45, 2.75) is 31.2 Å². The lowest BCUT2D eigenvalue weighted by Gasteiger charge is -2.36. The number of rotatable bonds is 5. The Morgan fingerprint density at radius 3 is 2.53 bits per heavy atom. The number of hydrogen-bond acceptors (Lipinski definition) is 4. The zero-order valence-corrected chi connectivity index (χ0v) is 11.6. The monoisotopic (exact) mass is 263 g/mol. The third-order valence-corrected chi connectivity index (χ3v) is 4.19. The molecular formula is C14H21N3O2. The lowest BCUT2D eigenvalue weighted by molar-refractivity contribution is -0.384. The zero-order valence-electron chi connectivity index (χ0n) is 11.6. The van der Waals surface area contributed by atoms with Crippen molar-refractivity contribution < 1.29 is 4.92 Å². The number of anilines is 1. The van der Waals surface area contributed by atoms with Crippen molar-refractivity contribution >= 4 is 11.4 Å². The Hall–Kier alpha value is -1.62. The van der Waals surface area contributed by atoms with Crippen molar-refractivity contribution in [2.24, 2.45) is 0 Å². The van der Waals surface area contributed by atoms with Crippen LogP contribution in [-0.4, -0.2) is 36.0 Å². The summed E-state index contributed by atoms with van der Waals surface area (Å²) in [6.45, 7) is 0.755. The molecule has 0 amide bonds. The average Bonchev–Trinajstić information content (AvgIpc) is 2.86. The van der Waals surface area contributed by atoms with Gasteiger partial charge in [-0.3, -0.25) is 10.1 Å². The molecule has 1 fully saturated rings. The fourth-order valence-corrected chi connectivity index (χ4v) is 2.86. The number of benzene rings is 1. The second-order valence-corrected chi connectivity index (χ2v) is 5.45. The summed E-state index contributed by atoms with van der Waals surface area (Å²) >= 11 is 0. The Morgan fingerprint density at radius 1 is 1.32 bits per heavy atom. The predicted octanol–water partition coefficient (Wildman–Crippen LogP) is 2.88. The molecule has 0 radical (unpaired) electrons. The second kappa shape index (κ2) is 5.57. The minimum Gasteiger partial charge on any atom is -0.378 e. The topological polar surface area (TPSA) is 58.4 Å². The van der Waals surface area contributed by atoms with Crippen LogP contribution >= 0.6 is 0 Å². The molecule has 5 nitrogen and oxygen atoms in total. The van der Waals surface area contributed by atoms with Crippen molar-refractivity contribution in [3.63, 3.8) is 0 Å². The van der Waals surface area contributed by atoms with Gasteiger partial charge < -0.3 is 10.2 Å². The molecule has 1 aromatic carbocycles. The molecule has 0 unspecified atom stereocenters. The van der Waals surface area contributed by atoms with Gasteiger partial charge in [0.25, 0.3) is 5.69 Å². The smallest absolute Gasteiger partial charge is 0.292 e. The molecule has 0 aliphatic heterocycles. The van der Waals surface area contributed by atoms with Gasteiger partial charge in [-0.1, -0.05) is 25.0 Å². The van der Waals surface area contributed by atoms with E-state index in [1.807, 2.05) is 6.07 Å². The Labute approximate surface area is 113 Å². The van der Waals surface area contributed by atoms with Gasteiger partial charge in [0.15, 0.2) is 0 Å². The SMILES string of the molecule is CN(C)C1(CNc2ccccc2[N+](=O)[O-])CCCC1. The molecule has 1 N–H and O–H groups in total. The van der Waals surface area contributed by atoms with Crippen LogP contribution < -0.4 is 5.32 Å². The fraction of sp³-hybridized carbons (Fsp3) is 0.571. The summed E-state index contributed by atoms with van der Waals surface area (Å²) in [6.07, 6.45) is 4.76. The van der Waals surface area contributed by atoms with Gasteiger partial charge in [-0.2, -0.15) is 0 Å². The van der Waals surface area contributed by atoms with E-state index in [-0.39, 0.29) is 16.1 Å². The molecule has 19 heavy (non-hydrogen) atoms. The molecule has 2 rings (SSSR count). The number of nitrogens with one attached hydrogen (secondary N) is 1. The first-order chi connectivity index (χ1) is 9.05. The molecule has 5 heteroatoms. The highest BCUT2D eigenvalue weighted by molar-refractivity contribution is 5.61. The van der Waals surface area contributed by atoms with Crippen LogP contribution in [0.2, 0.25) is 0 Å². The lowest BCUT2D eigenvalue weighted by atomic mass is 9.96. The standard InChI is InChI=1S/C14H21N3O2/c1-16(2)14(9-5-6-10-14)11-15-12-7-3-4-8-13(12)17(18)19/h3-4,7-8,15H,5-6,9-11H2,1-2H3. The molecule has 1 aliphatic carbocycles. The molecule has 0 spiro atoms. The van der Waals surface area contributed by atoms with E-state index in [0.29, 0.717) is 5.69 Å². The molecule has 0 heterocycles. The highest BCUT2D eigenvalue weighted by atomic mass is 16.6. The Kier molecular flexibility index (Phi) is 4.04. The number of hydrogen-bond donors (Lipinski definition) is 1. The third kappa shape index (κ3) is 2.87. The van der Waals surface area contributed by atoms with Crippen LogP contribution in [0, 0.1) is 10.1 Å². The van der Waals surface area contributed by atoms with E-state index in [1.54, 1.807) is 18.2 Å². The number of nitro benzene ring substituents is 1. The minimum atomic E-state index is -0.334. The molecule has 0 bridgehead atoms. The fourth-order valence-electron chi connectivity index (χ4n) is 2.86. The summed E-state index contributed by atoms with van der Waals surface area (Å²) in [7, 11) is 4.18. The van der Waals surface area contributed by atoms with E-state index in [2.05, 4.69) is 24.3 Å². The van der Waals surface area contributed by atoms with E-state index < -0.39 is 0 Å². The maximum atomic E-state index is 11.0. The zero-order chi connectivity index (χ0) is 13.9. The first kappa shape index (κ1) is 13.8. The molecule has 0 saturated heterocycles. The maximum Gasteiger partial charge on any atom is 0.292 e. The maximum absolute atomic E-state index is 11.0. The van der Waals surface area contributed by atoms with Gasteiger partial charge in [-0.05, 0) is 33.0 Å². The summed E-state index contributed by atoms with van der Waals surface area (Å²) < 4.78 is 0. The van der Waals surface area contributed by atoms with Crippen LogP contribution in [0.5, 0.6) is 0 Å². The second-order valence-electron chi connectivity index (χ2n) is 5.45. The third-order valence-electron chi connectivity index (χ3n) is 4.19. The van der Waals surface area contributed by atoms with Gasteiger partial charge in [-0.15, -0.1) is 0 Å². The van der Waals surface area contributed by atoms with Crippen LogP contribution in [0.1, 0.15) is 25.7 Å². The number of nitrogens with zero attached hydrogens (tertiary/aromatic N) is 2. The van der Waals surface area contributed by atoms with E-state index in [0.717, 1.165) is 19.4 Å². The molecule has 0 aromatic heterocycles. The highest BCUT2D eigenvalue weighted by Crippen LogP contribution is 2.34. The Bertz CT molecular complexity index is 454. The van der Waals surface area contributed by atoms with Crippen molar-refractivity contribution in [1.82, 2.24) is 4.90 Å². The van der Waals surface area contributed by atoms with E-state index in [9.17, 15) is 10.1 Å². The van der Waals surface area contributed by atoms with Crippen LogP contribution in [-0.2, 0) is 0 Å². The van der Waals surface area contributed by atoms with Crippen LogP contribution in [0.4, 0.5) is 11.4 Å². The number of para-hydroxylation sites is 2. The van der Waals surface area contributed by atoms with E-state index in [4.69, 9.17) is 0 Å². The van der Waals surface area contributed by atoms with E-state index >= 15 is 0 Å². The lowest BCUT2D eigenvalue weighted by Crippen LogP contribution is -2.47. The Balaban J connectivity index is 2.12. The van der Waals surface area contributed by atoms with Gasteiger partial charge in [0, 0.05) is 18.2 Å². The van der Waals surface area contributed by atoms with E-state index in [1.165, 1.54) is 12.8 Å². The van der Waals surface area contributed by atoms with Crippen LogP contribution in [0.25, 0.3) is 0 Å². The number of nitro groups is 1. The summed E-state index contributed by atoms with van der Waals surface area (Å²) in [6, 6.07) is 6.84. The summed E-state index contributed by atoms with van der Waals surface area (Å²) in [4.78, 5) is 12.9. The molecule has 104 valence electrons. The van der Waals surface area contributed by atoms with Gasteiger partial charge >= 0.3 is 0 Å². The van der Waals surface area contributed by atoms with Crippen LogP contribution in [0.15, 0.2) is 24.3 Å². The summed E-state index contributed by atoms with van der Waals surface area (Å²) in [5.74, 6) is 0.